The molecule has 3 heterocycles. The fourth-order valence-electron chi connectivity index (χ4n) is 3.12. The van der Waals surface area contributed by atoms with Crippen molar-refractivity contribution in [2.45, 2.75) is 44.5 Å². The first-order valence-corrected chi connectivity index (χ1v) is 10.0. The summed E-state index contributed by atoms with van der Waals surface area (Å²) >= 11 is 0. The molecule has 1 amide bonds. The number of fused-ring (bicyclic) bond motifs is 1. The highest BCUT2D eigenvalue weighted by atomic mass is 19.1. The number of carbonyl (C=O) groups excluding carboxylic acids is 1. The maximum atomic E-state index is 14.0. The van der Waals surface area contributed by atoms with Gasteiger partial charge in [0.15, 0.2) is 0 Å². The molecule has 8 nitrogen and oxygen atoms in total. The van der Waals surface area contributed by atoms with Gasteiger partial charge in [-0.15, -0.1) is 0 Å². The Labute approximate surface area is 178 Å². The van der Waals surface area contributed by atoms with Crippen molar-refractivity contribution in [2.24, 2.45) is 0 Å². The largest absolute Gasteiger partial charge is 0.387 e. The highest BCUT2D eigenvalue weighted by Gasteiger charge is 2.28. The number of pyridine rings is 2. The third kappa shape index (κ3) is 4.49. The molecule has 31 heavy (non-hydrogen) atoms. The summed E-state index contributed by atoms with van der Waals surface area (Å²) in [6.45, 7) is 2.41. The predicted molar refractivity (Wildman–Crippen MR) is 114 cm³/mol. The molecule has 0 radical (unpaired) electrons. The number of carbonyl (C=O) groups is 1. The molecule has 0 bridgehead atoms. The van der Waals surface area contributed by atoms with E-state index in [1.54, 1.807) is 22.9 Å². The standard InChI is InChI=1S/C22H23FN6O2/c1-22(2,31)18(23)12-27-21(30)16-11-25-19(8-17(16)28-15-3-4-15)29-6-5-14-7-13(9-24)10-26-20(14)29/h5-8,10-11,15,18,31H,3-4,12H2,1-2H3,(H,25,28)(H,27,30). The minimum atomic E-state index is -1.60. The second kappa shape index (κ2) is 7.96. The summed E-state index contributed by atoms with van der Waals surface area (Å²) in [5.74, 6) is 0.0926. The van der Waals surface area contributed by atoms with Crippen molar-refractivity contribution < 1.29 is 14.3 Å². The van der Waals surface area contributed by atoms with Gasteiger partial charge in [0, 0.05) is 36.1 Å². The van der Waals surface area contributed by atoms with E-state index >= 15 is 0 Å². The number of halogens is 1. The van der Waals surface area contributed by atoms with Crippen LogP contribution in [0.25, 0.3) is 16.9 Å². The number of hydrogen-bond donors (Lipinski definition) is 3. The average Bonchev–Trinajstić information content (AvgIpc) is 3.46. The Kier molecular flexibility index (Phi) is 5.33. The first-order valence-electron chi connectivity index (χ1n) is 10.0. The third-order valence-corrected chi connectivity index (χ3v) is 5.18. The lowest BCUT2D eigenvalue weighted by Crippen LogP contribution is -2.42. The summed E-state index contributed by atoms with van der Waals surface area (Å²) in [4.78, 5) is 21.5. The van der Waals surface area contributed by atoms with Gasteiger partial charge in [-0.3, -0.25) is 9.36 Å². The van der Waals surface area contributed by atoms with Crippen molar-refractivity contribution in [3.63, 3.8) is 0 Å². The second-order valence-corrected chi connectivity index (χ2v) is 8.27. The van der Waals surface area contributed by atoms with Gasteiger partial charge in [0.2, 0.25) is 0 Å². The first kappa shape index (κ1) is 20.8. The Morgan fingerprint density at radius 2 is 2.16 bits per heavy atom. The summed E-state index contributed by atoms with van der Waals surface area (Å²) in [6.07, 6.45) is 5.17. The Morgan fingerprint density at radius 3 is 2.84 bits per heavy atom. The Bertz CT molecular complexity index is 1170. The van der Waals surface area contributed by atoms with Crippen LogP contribution in [0.1, 0.15) is 42.6 Å². The van der Waals surface area contributed by atoms with Crippen molar-refractivity contribution in [1.82, 2.24) is 19.9 Å². The van der Waals surface area contributed by atoms with E-state index in [1.165, 1.54) is 26.2 Å². The molecule has 3 N–H and O–H groups in total. The summed E-state index contributed by atoms with van der Waals surface area (Å²) in [6, 6.07) is 7.71. The third-order valence-electron chi connectivity index (χ3n) is 5.18. The van der Waals surface area contributed by atoms with Crippen molar-refractivity contribution >= 4 is 22.6 Å². The van der Waals surface area contributed by atoms with Gasteiger partial charge in [-0.05, 0) is 38.8 Å². The lowest BCUT2D eigenvalue weighted by molar-refractivity contribution is -0.00177. The Balaban J connectivity index is 1.63. The monoisotopic (exact) mass is 422 g/mol. The van der Waals surface area contributed by atoms with Crippen LogP contribution in [0.15, 0.2) is 36.8 Å². The van der Waals surface area contributed by atoms with Crippen molar-refractivity contribution in [3.05, 3.63) is 47.9 Å². The zero-order valence-corrected chi connectivity index (χ0v) is 17.3. The van der Waals surface area contributed by atoms with Gasteiger partial charge in [-0.25, -0.2) is 14.4 Å². The molecular weight excluding hydrogens is 399 g/mol. The molecule has 3 aromatic rings. The summed E-state index contributed by atoms with van der Waals surface area (Å²) < 4.78 is 15.8. The molecule has 0 spiro atoms. The number of anilines is 1. The summed E-state index contributed by atoms with van der Waals surface area (Å²) in [5, 5.41) is 25.5. The first-order chi connectivity index (χ1) is 14.8. The molecule has 1 fully saturated rings. The zero-order valence-electron chi connectivity index (χ0n) is 17.3. The Morgan fingerprint density at radius 1 is 1.39 bits per heavy atom. The summed E-state index contributed by atoms with van der Waals surface area (Å²) in [7, 11) is 0. The molecule has 0 aromatic carbocycles. The number of aromatic nitrogens is 3. The number of nitrogens with zero attached hydrogens (tertiary/aromatic N) is 4. The van der Waals surface area contributed by atoms with Crippen LogP contribution < -0.4 is 10.6 Å². The van der Waals surface area contributed by atoms with Crippen LogP contribution in [-0.4, -0.2) is 49.9 Å². The van der Waals surface area contributed by atoms with E-state index in [0.717, 1.165) is 18.2 Å². The SMILES string of the molecule is CC(C)(O)C(F)CNC(=O)c1cnc(-n2ccc3cc(C#N)cnc32)cc1NC1CC1. The van der Waals surface area contributed by atoms with Gasteiger partial charge < -0.3 is 15.7 Å². The average molecular weight is 422 g/mol. The highest BCUT2D eigenvalue weighted by molar-refractivity contribution is 5.99. The molecule has 1 aliphatic rings. The highest BCUT2D eigenvalue weighted by Crippen LogP contribution is 2.29. The minimum Gasteiger partial charge on any atom is -0.387 e. The number of hydrogen-bond acceptors (Lipinski definition) is 6. The molecule has 9 heteroatoms. The van der Waals surface area contributed by atoms with Crippen molar-refractivity contribution in [2.75, 3.05) is 11.9 Å². The lowest BCUT2D eigenvalue weighted by Gasteiger charge is -2.22. The number of rotatable bonds is 7. The van der Waals surface area contributed by atoms with Gasteiger partial charge in [-0.1, -0.05) is 0 Å². The molecule has 0 aliphatic heterocycles. The topological polar surface area (TPSA) is 116 Å². The van der Waals surface area contributed by atoms with Gasteiger partial charge in [0.05, 0.1) is 29.0 Å². The molecular formula is C22H23FN6O2. The maximum Gasteiger partial charge on any atom is 0.255 e. The van der Waals surface area contributed by atoms with Crippen molar-refractivity contribution in [3.8, 4) is 11.9 Å². The van der Waals surface area contributed by atoms with Crippen LogP contribution >= 0.6 is 0 Å². The zero-order chi connectivity index (χ0) is 22.2. The van der Waals surface area contributed by atoms with Gasteiger partial charge >= 0.3 is 0 Å². The van der Waals surface area contributed by atoms with E-state index in [9.17, 15) is 14.3 Å². The molecule has 1 aliphatic carbocycles. The van der Waals surface area contributed by atoms with Crippen molar-refractivity contribution in [1.29, 1.82) is 5.26 Å². The number of aliphatic hydroxyl groups is 1. The van der Waals surface area contributed by atoms with E-state index in [1.807, 2.05) is 6.07 Å². The molecule has 1 saturated carbocycles. The van der Waals surface area contributed by atoms with Crippen LogP contribution in [0.5, 0.6) is 0 Å². The maximum absolute atomic E-state index is 14.0. The van der Waals surface area contributed by atoms with Crippen LogP contribution in [0, 0.1) is 11.3 Å². The molecule has 1 unspecified atom stereocenters. The minimum absolute atomic E-state index is 0.282. The van der Waals surface area contributed by atoms with Crippen LogP contribution in [0.4, 0.5) is 10.1 Å². The van der Waals surface area contributed by atoms with Gasteiger partial charge in [-0.2, -0.15) is 5.26 Å². The summed E-state index contributed by atoms with van der Waals surface area (Å²) in [5.41, 5.74) is 0.470. The number of nitriles is 1. The molecule has 3 aromatic heterocycles. The fourth-order valence-corrected chi connectivity index (χ4v) is 3.12. The van der Waals surface area contributed by atoms with Crippen LogP contribution in [-0.2, 0) is 0 Å². The predicted octanol–water partition coefficient (Wildman–Crippen LogP) is 2.71. The molecule has 1 atom stereocenters. The number of nitrogens with one attached hydrogen (secondary N) is 2. The fraction of sp³-hybridized carbons (Fsp3) is 0.364. The molecule has 160 valence electrons. The molecule has 4 rings (SSSR count). The van der Waals surface area contributed by atoms with E-state index in [-0.39, 0.29) is 12.6 Å². The second-order valence-electron chi connectivity index (χ2n) is 8.27. The smallest absolute Gasteiger partial charge is 0.255 e. The number of amides is 1. The van der Waals surface area contributed by atoms with Crippen LogP contribution in [0.3, 0.4) is 0 Å². The Hall–Kier alpha value is -3.51. The van der Waals surface area contributed by atoms with E-state index in [4.69, 9.17) is 5.26 Å². The normalized spacial score (nSPS) is 14.8. The van der Waals surface area contributed by atoms with Gasteiger partial charge in [0.1, 0.15) is 23.7 Å². The van der Waals surface area contributed by atoms with E-state index < -0.39 is 17.7 Å². The lowest BCUT2D eigenvalue weighted by atomic mass is 10.0. The van der Waals surface area contributed by atoms with Crippen LogP contribution in [0.2, 0.25) is 0 Å². The quantitative estimate of drug-likeness (QED) is 0.539. The number of alkyl halides is 1. The van der Waals surface area contributed by atoms with E-state index in [2.05, 4.69) is 26.7 Å². The molecule has 0 saturated heterocycles. The van der Waals surface area contributed by atoms with E-state index in [0.29, 0.717) is 28.3 Å². The van der Waals surface area contributed by atoms with Gasteiger partial charge in [0.25, 0.3) is 5.91 Å².